The number of benzene rings is 1. The fourth-order valence-corrected chi connectivity index (χ4v) is 3.66. The van der Waals surface area contributed by atoms with Crippen LogP contribution in [0.25, 0.3) is 10.2 Å². The van der Waals surface area contributed by atoms with Crippen molar-refractivity contribution in [2.45, 2.75) is 6.54 Å². The number of anilines is 1. The Morgan fingerprint density at radius 3 is 2.79 bits per heavy atom. The van der Waals surface area contributed by atoms with E-state index in [-0.39, 0.29) is 24.0 Å². The highest BCUT2D eigenvalue weighted by Gasteiger charge is 2.02. The number of aromatic nitrogens is 1. The van der Waals surface area contributed by atoms with Gasteiger partial charge in [-0.25, -0.2) is 4.98 Å². The maximum Gasteiger partial charge on any atom is 0.191 e. The van der Waals surface area contributed by atoms with Crippen LogP contribution in [0.1, 0.15) is 5.56 Å². The van der Waals surface area contributed by atoms with Gasteiger partial charge in [0.15, 0.2) is 11.1 Å². The van der Waals surface area contributed by atoms with Gasteiger partial charge in [-0.1, -0.05) is 23.5 Å². The molecule has 0 saturated heterocycles. The summed E-state index contributed by atoms with van der Waals surface area (Å²) in [5.41, 5.74) is 2.31. The predicted molar refractivity (Wildman–Crippen MR) is 116 cm³/mol. The number of rotatable bonds is 6. The number of aliphatic imine (C=N–C) groups is 1. The number of nitrogens with zero attached hydrogens (tertiary/aromatic N) is 2. The minimum Gasteiger partial charge on any atom is -0.360 e. The van der Waals surface area contributed by atoms with Crippen molar-refractivity contribution in [3.05, 3.63) is 46.7 Å². The molecule has 0 aliphatic carbocycles. The van der Waals surface area contributed by atoms with Crippen LogP contribution in [0, 0.1) is 0 Å². The number of guanidine groups is 1. The second kappa shape index (κ2) is 9.80. The maximum absolute atomic E-state index is 4.55. The van der Waals surface area contributed by atoms with Gasteiger partial charge in [0.25, 0.3) is 0 Å². The molecule has 0 aliphatic heterocycles. The van der Waals surface area contributed by atoms with Crippen LogP contribution >= 0.6 is 46.7 Å². The van der Waals surface area contributed by atoms with E-state index >= 15 is 0 Å². The highest BCUT2D eigenvalue weighted by molar-refractivity contribution is 14.0. The topological polar surface area (TPSA) is 61.3 Å². The molecule has 0 aliphatic rings. The molecule has 3 aromatic rings. The van der Waals surface area contributed by atoms with Gasteiger partial charge >= 0.3 is 0 Å². The smallest absolute Gasteiger partial charge is 0.191 e. The van der Waals surface area contributed by atoms with Crippen molar-refractivity contribution < 1.29 is 0 Å². The molecule has 5 nitrogen and oxygen atoms in total. The lowest BCUT2D eigenvalue weighted by atomic mass is 10.3. The summed E-state index contributed by atoms with van der Waals surface area (Å²) < 4.78 is 1.20. The quantitative estimate of drug-likeness (QED) is 0.221. The van der Waals surface area contributed by atoms with E-state index in [1.54, 1.807) is 29.7 Å². The molecule has 0 radical (unpaired) electrons. The van der Waals surface area contributed by atoms with Crippen LogP contribution in [0.4, 0.5) is 5.13 Å². The van der Waals surface area contributed by atoms with Gasteiger partial charge in [0.2, 0.25) is 0 Å². The van der Waals surface area contributed by atoms with Crippen molar-refractivity contribution in [2.75, 3.05) is 25.5 Å². The maximum atomic E-state index is 4.55. The first-order valence-corrected chi connectivity index (χ1v) is 9.16. The molecule has 0 spiro atoms. The number of halogens is 1. The molecule has 128 valence electrons. The first kappa shape index (κ1) is 18.9. The molecule has 0 saturated carbocycles. The van der Waals surface area contributed by atoms with E-state index in [1.807, 2.05) is 18.2 Å². The van der Waals surface area contributed by atoms with E-state index in [4.69, 9.17) is 0 Å². The number of thiazole rings is 1. The lowest BCUT2D eigenvalue weighted by Crippen LogP contribution is -2.39. The van der Waals surface area contributed by atoms with Gasteiger partial charge in [-0.2, -0.15) is 11.3 Å². The van der Waals surface area contributed by atoms with Gasteiger partial charge in [0.1, 0.15) is 0 Å². The molecule has 3 N–H and O–H groups in total. The summed E-state index contributed by atoms with van der Waals surface area (Å²) in [6, 6.07) is 10.3. The van der Waals surface area contributed by atoms with Crippen molar-refractivity contribution in [3.63, 3.8) is 0 Å². The van der Waals surface area contributed by atoms with E-state index in [0.717, 1.165) is 36.2 Å². The Balaban J connectivity index is 0.00000208. The summed E-state index contributed by atoms with van der Waals surface area (Å²) in [7, 11) is 1.78. The number of fused-ring (bicyclic) bond motifs is 1. The highest BCUT2D eigenvalue weighted by Crippen LogP contribution is 2.24. The zero-order valence-corrected chi connectivity index (χ0v) is 17.2. The Hall–Kier alpha value is -1.39. The predicted octanol–water partition coefficient (Wildman–Crippen LogP) is 3.75. The normalized spacial score (nSPS) is 11.1. The van der Waals surface area contributed by atoms with Crippen LogP contribution in [0.3, 0.4) is 0 Å². The number of para-hydroxylation sites is 1. The van der Waals surface area contributed by atoms with E-state index in [1.165, 1.54) is 10.3 Å². The molecular formula is C16H20IN5S2. The van der Waals surface area contributed by atoms with Gasteiger partial charge < -0.3 is 16.0 Å². The summed E-state index contributed by atoms with van der Waals surface area (Å²) in [5, 5.41) is 15.1. The number of hydrogen-bond donors (Lipinski definition) is 3. The summed E-state index contributed by atoms with van der Waals surface area (Å²) >= 11 is 3.38. The highest BCUT2D eigenvalue weighted by atomic mass is 127. The second-order valence-electron chi connectivity index (χ2n) is 4.90. The third-order valence-electron chi connectivity index (χ3n) is 3.25. The largest absolute Gasteiger partial charge is 0.360 e. The Kier molecular flexibility index (Phi) is 7.73. The molecule has 3 rings (SSSR count). The van der Waals surface area contributed by atoms with Crippen LogP contribution in [0.15, 0.2) is 46.1 Å². The van der Waals surface area contributed by atoms with Crippen molar-refractivity contribution >= 4 is 68.0 Å². The molecular weight excluding hydrogens is 453 g/mol. The monoisotopic (exact) mass is 473 g/mol. The Morgan fingerprint density at radius 2 is 2.04 bits per heavy atom. The second-order valence-corrected chi connectivity index (χ2v) is 6.71. The van der Waals surface area contributed by atoms with Crippen LogP contribution in [-0.2, 0) is 6.54 Å². The fourth-order valence-electron chi connectivity index (χ4n) is 2.10. The average Bonchev–Trinajstić information content (AvgIpc) is 3.23. The van der Waals surface area contributed by atoms with Gasteiger partial charge in [-0.05, 0) is 34.5 Å². The molecule has 2 aromatic heterocycles. The van der Waals surface area contributed by atoms with E-state index in [0.29, 0.717) is 0 Å². The van der Waals surface area contributed by atoms with E-state index < -0.39 is 0 Å². The standard InChI is InChI=1S/C16H19N5S2.HI/c1-17-15(20-10-12-6-9-22-11-12)18-7-8-19-16-21-13-4-2-3-5-14(13)23-16;/h2-6,9,11H,7-8,10H2,1H3,(H,19,21)(H2,17,18,20);1H. The zero-order chi connectivity index (χ0) is 15.9. The van der Waals surface area contributed by atoms with Crippen molar-refractivity contribution in [2.24, 2.45) is 4.99 Å². The molecule has 0 atom stereocenters. The summed E-state index contributed by atoms with van der Waals surface area (Å²) in [5.74, 6) is 0.808. The molecule has 0 bridgehead atoms. The van der Waals surface area contributed by atoms with Crippen molar-refractivity contribution in [1.29, 1.82) is 0 Å². The number of hydrogen-bond acceptors (Lipinski definition) is 5. The van der Waals surface area contributed by atoms with E-state index in [2.05, 4.69) is 48.8 Å². The van der Waals surface area contributed by atoms with Crippen LogP contribution in [-0.4, -0.2) is 31.1 Å². The summed E-state index contributed by atoms with van der Waals surface area (Å²) in [4.78, 5) is 8.78. The van der Waals surface area contributed by atoms with Gasteiger partial charge in [0, 0.05) is 26.7 Å². The first-order valence-electron chi connectivity index (χ1n) is 7.40. The summed E-state index contributed by atoms with van der Waals surface area (Å²) in [6.45, 7) is 2.35. The van der Waals surface area contributed by atoms with Gasteiger partial charge in [0.05, 0.1) is 10.2 Å². The third kappa shape index (κ3) is 5.32. The molecule has 24 heavy (non-hydrogen) atoms. The molecule has 0 amide bonds. The SMILES string of the molecule is CN=C(NCCNc1nc2ccccc2s1)NCc1ccsc1.I. The molecule has 0 fully saturated rings. The Morgan fingerprint density at radius 1 is 1.17 bits per heavy atom. The first-order chi connectivity index (χ1) is 11.3. The van der Waals surface area contributed by atoms with Gasteiger partial charge in [-0.3, -0.25) is 4.99 Å². The Labute approximate surface area is 166 Å². The van der Waals surface area contributed by atoms with Crippen LogP contribution < -0.4 is 16.0 Å². The fraction of sp³-hybridized carbons (Fsp3) is 0.250. The molecule has 2 heterocycles. The van der Waals surface area contributed by atoms with Crippen molar-refractivity contribution in [3.8, 4) is 0 Å². The number of nitrogens with one attached hydrogen (secondary N) is 3. The lowest BCUT2D eigenvalue weighted by Gasteiger charge is -2.11. The lowest BCUT2D eigenvalue weighted by molar-refractivity contribution is 0.814. The minimum atomic E-state index is 0. The van der Waals surface area contributed by atoms with E-state index in [9.17, 15) is 0 Å². The van der Waals surface area contributed by atoms with Crippen molar-refractivity contribution in [1.82, 2.24) is 15.6 Å². The Bertz CT molecular complexity index is 737. The zero-order valence-electron chi connectivity index (χ0n) is 13.3. The average molecular weight is 473 g/mol. The number of thiophene rings is 1. The van der Waals surface area contributed by atoms with Crippen LogP contribution in [0.5, 0.6) is 0 Å². The van der Waals surface area contributed by atoms with Crippen LogP contribution in [0.2, 0.25) is 0 Å². The molecule has 8 heteroatoms. The molecule has 0 unspecified atom stereocenters. The minimum absolute atomic E-state index is 0. The molecule has 1 aromatic carbocycles. The summed E-state index contributed by atoms with van der Waals surface area (Å²) in [6.07, 6.45) is 0. The van der Waals surface area contributed by atoms with Gasteiger partial charge in [-0.15, -0.1) is 24.0 Å². The third-order valence-corrected chi connectivity index (χ3v) is 4.98.